The number of alkyl halides is 3. The van der Waals surface area contributed by atoms with Gasteiger partial charge in [-0.25, -0.2) is 0 Å². The molecule has 0 aliphatic heterocycles. The number of nitrogens with one attached hydrogen (secondary N) is 2. The van der Waals surface area contributed by atoms with Gasteiger partial charge in [-0.1, -0.05) is 12.1 Å². The fourth-order valence-electron chi connectivity index (χ4n) is 4.84. The first-order chi connectivity index (χ1) is 15.6. The van der Waals surface area contributed by atoms with Crippen LogP contribution >= 0.6 is 0 Å². The molecule has 3 rings (SSSR count). The second-order valence-electron chi connectivity index (χ2n) is 8.87. The molecule has 0 spiro atoms. The molecule has 1 saturated carbocycles. The summed E-state index contributed by atoms with van der Waals surface area (Å²) in [5.74, 6) is 0.0468. The molecule has 0 unspecified atom stereocenters. The molecular weight excluding hydrogens is 437 g/mol. The number of aromatic nitrogens is 1. The first-order valence-corrected chi connectivity index (χ1v) is 11.4. The second kappa shape index (κ2) is 10.7. The van der Waals surface area contributed by atoms with E-state index >= 15 is 0 Å². The van der Waals surface area contributed by atoms with Gasteiger partial charge in [-0.2, -0.15) is 13.2 Å². The van der Waals surface area contributed by atoms with Crippen molar-refractivity contribution in [3.8, 4) is 0 Å². The zero-order chi connectivity index (χ0) is 24.2. The number of anilines is 1. The molecule has 3 atom stereocenters. The topological polar surface area (TPSA) is 79.6 Å². The monoisotopic (exact) mass is 470 g/mol. The number of rotatable bonds is 9. The Kier molecular flexibility index (Phi) is 8.23. The third kappa shape index (κ3) is 6.17. The van der Waals surface area contributed by atoms with E-state index in [1.165, 1.54) is 6.07 Å². The predicted molar refractivity (Wildman–Crippen MR) is 120 cm³/mol. The number of benzene rings is 1. The van der Waals surface area contributed by atoms with Gasteiger partial charge in [0, 0.05) is 31.2 Å². The van der Waals surface area contributed by atoms with Gasteiger partial charge in [0.25, 0.3) is 0 Å². The summed E-state index contributed by atoms with van der Waals surface area (Å²) in [6.07, 6.45) is -1.71. The third-order valence-electron chi connectivity index (χ3n) is 6.39. The minimum Gasteiger partial charge on any atom is -0.384 e. The molecule has 7 nitrogen and oxygen atoms in total. The molecular formula is C23H33F3N4O3. The van der Waals surface area contributed by atoms with Crippen molar-refractivity contribution in [2.45, 2.75) is 64.3 Å². The standard InChI is InChI=1S/C23H33F3N4O3/c1-5-30(14(2)3)17-7-8-19(15(10-17)13-32-4)28-21(31)12-27-22-18-11-16(23(24,25)26)6-9-20(18)33-29-22/h6,9,11,14-15,17,19H,5,7-8,10,12-13H2,1-4H3,(H,27,29)(H,28,31)/t15-,17+,19-/m0/s1. The highest BCUT2D eigenvalue weighted by Gasteiger charge is 2.34. The van der Waals surface area contributed by atoms with Gasteiger partial charge in [-0.3, -0.25) is 9.69 Å². The Labute approximate surface area is 192 Å². The molecule has 1 aliphatic rings. The SMILES string of the molecule is CCN(C(C)C)[C@@H]1CC[C@H](NC(=O)CNc2noc3ccc(C(F)(F)F)cc23)[C@H](COC)C1. The van der Waals surface area contributed by atoms with Crippen LogP contribution in [0.5, 0.6) is 0 Å². The summed E-state index contributed by atoms with van der Waals surface area (Å²) in [6, 6.07) is 4.01. The molecule has 1 amide bonds. The van der Waals surface area contributed by atoms with Gasteiger partial charge in [0.15, 0.2) is 11.4 Å². The Morgan fingerprint density at radius 1 is 1.33 bits per heavy atom. The first-order valence-electron chi connectivity index (χ1n) is 11.4. The lowest BCUT2D eigenvalue weighted by Gasteiger charge is -2.42. The second-order valence-corrected chi connectivity index (χ2v) is 8.87. The molecule has 1 aromatic heterocycles. The van der Waals surface area contributed by atoms with Crippen molar-refractivity contribution in [1.29, 1.82) is 0 Å². The summed E-state index contributed by atoms with van der Waals surface area (Å²) in [7, 11) is 1.66. The van der Waals surface area contributed by atoms with E-state index < -0.39 is 11.7 Å². The van der Waals surface area contributed by atoms with Gasteiger partial charge < -0.3 is 19.9 Å². The van der Waals surface area contributed by atoms with E-state index in [2.05, 4.69) is 41.5 Å². The van der Waals surface area contributed by atoms with Crippen LogP contribution in [0, 0.1) is 5.92 Å². The van der Waals surface area contributed by atoms with Crippen LogP contribution in [0.3, 0.4) is 0 Å². The van der Waals surface area contributed by atoms with Crippen molar-refractivity contribution in [1.82, 2.24) is 15.4 Å². The van der Waals surface area contributed by atoms with Crippen LogP contribution < -0.4 is 10.6 Å². The van der Waals surface area contributed by atoms with Gasteiger partial charge in [0.1, 0.15) is 0 Å². The molecule has 1 aliphatic carbocycles. The lowest BCUT2D eigenvalue weighted by atomic mass is 9.80. The fraction of sp³-hybridized carbons (Fsp3) is 0.652. The van der Waals surface area contributed by atoms with Gasteiger partial charge in [0.2, 0.25) is 5.91 Å². The van der Waals surface area contributed by atoms with Crippen molar-refractivity contribution in [2.24, 2.45) is 5.92 Å². The van der Waals surface area contributed by atoms with Crippen LogP contribution in [-0.2, 0) is 15.7 Å². The average Bonchev–Trinajstić information content (AvgIpc) is 3.16. The summed E-state index contributed by atoms with van der Waals surface area (Å²) in [5.41, 5.74) is -0.581. The number of halogens is 3. The maximum Gasteiger partial charge on any atom is 0.416 e. The first kappa shape index (κ1) is 25.3. The zero-order valence-corrected chi connectivity index (χ0v) is 19.5. The Bertz CT molecular complexity index is 931. The minimum absolute atomic E-state index is 0.0211. The summed E-state index contributed by atoms with van der Waals surface area (Å²) in [5, 5.41) is 9.84. The Hall–Kier alpha value is -2.33. The van der Waals surface area contributed by atoms with Crippen LogP contribution in [0.25, 0.3) is 11.0 Å². The molecule has 0 saturated heterocycles. The highest BCUT2D eigenvalue weighted by molar-refractivity contribution is 5.90. The highest BCUT2D eigenvalue weighted by Crippen LogP contribution is 2.34. The lowest BCUT2D eigenvalue weighted by Crippen LogP contribution is -2.52. The van der Waals surface area contributed by atoms with Crippen LogP contribution in [0.4, 0.5) is 19.0 Å². The minimum atomic E-state index is -4.47. The van der Waals surface area contributed by atoms with Crippen LogP contribution in [0.2, 0.25) is 0 Å². The molecule has 1 fully saturated rings. The summed E-state index contributed by atoms with van der Waals surface area (Å²) in [4.78, 5) is 15.1. The number of amides is 1. The number of carbonyl (C=O) groups is 1. The predicted octanol–water partition coefficient (Wildman–Crippen LogP) is 4.29. The molecule has 184 valence electrons. The maximum absolute atomic E-state index is 13.0. The number of fused-ring (bicyclic) bond motifs is 1. The molecule has 0 bridgehead atoms. The van der Waals surface area contributed by atoms with Crippen molar-refractivity contribution < 1.29 is 27.2 Å². The van der Waals surface area contributed by atoms with E-state index in [9.17, 15) is 18.0 Å². The smallest absolute Gasteiger partial charge is 0.384 e. The largest absolute Gasteiger partial charge is 0.416 e. The number of ether oxygens (including phenoxy) is 1. The Morgan fingerprint density at radius 2 is 2.09 bits per heavy atom. The van der Waals surface area contributed by atoms with E-state index in [-0.39, 0.29) is 41.2 Å². The quantitative estimate of drug-likeness (QED) is 0.569. The maximum atomic E-state index is 13.0. The summed E-state index contributed by atoms with van der Waals surface area (Å²) in [6.45, 7) is 7.96. The summed E-state index contributed by atoms with van der Waals surface area (Å²) >= 11 is 0. The van der Waals surface area contributed by atoms with E-state index in [0.717, 1.165) is 37.9 Å². The number of methoxy groups -OCH3 is 1. The highest BCUT2D eigenvalue weighted by atomic mass is 19.4. The number of hydrogen-bond donors (Lipinski definition) is 2. The van der Waals surface area contributed by atoms with E-state index in [1.54, 1.807) is 7.11 Å². The van der Waals surface area contributed by atoms with Gasteiger partial charge >= 0.3 is 6.18 Å². The number of carbonyl (C=O) groups excluding carboxylic acids is 1. The van der Waals surface area contributed by atoms with Crippen molar-refractivity contribution in [2.75, 3.05) is 32.1 Å². The Balaban J connectivity index is 1.61. The van der Waals surface area contributed by atoms with Gasteiger partial charge in [-0.15, -0.1) is 0 Å². The van der Waals surface area contributed by atoms with E-state index in [1.807, 2.05) is 0 Å². The summed E-state index contributed by atoms with van der Waals surface area (Å²) < 4.78 is 49.6. The van der Waals surface area contributed by atoms with Gasteiger partial charge in [-0.05, 0) is 57.9 Å². The third-order valence-corrected chi connectivity index (χ3v) is 6.39. The molecule has 0 radical (unpaired) electrons. The molecule has 33 heavy (non-hydrogen) atoms. The molecule has 2 aromatic rings. The van der Waals surface area contributed by atoms with Crippen LogP contribution in [0.1, 0.15) is 45.6 Å². The number of nitrogens with zero attached hydrogens (tertiary/aromatic N) is 2. The average molecular weight is 471 g/mol. The van der Waals surface area contributed by atoms with Gasteiger partial charge in [0.05, 0.1) is 24.1 Å². The fourth-order valence-corrected chi connectivity index (χ4v) is 4.84. The Morgan fingerprint density at radius 3 is 2.73 bits per heavy atom. The van der Waals surface area contributed by atoms with Crippen molar-refractivity contribution in [3.63, 3.8) is 0 Å². The normalized spacial score (nSPS) is 21.7. The van der Waals surface area contributed by atoms with E-state index in [0.29, 0.717) is 18.7 Å². The zero-order valence-electron chi connectivity index (χ0n) is 19.5. The van der Waals surface area contributed by atoms with Crippen LogP contribution in [0.15, 0.2) is 22.7 Å². The van der Waals surface area contributed by atoms with Crippen molar-refractivity contribution >= 4 is 22.7 Å². The van der Waals surface area contributed by atoms with Crippen LogP contribution in [-0.4, -0.2) is 60.9 Å². The number of hydrogen-bond acceptors (Lipinski definition) is 6. The molecule has 1 heterocycles. The molecule has 10 heteroatoms. The molecule has 2 N–H and O–H groups in total. The van der Waals surface area contributed by atoms with Crippen molar-refractivity contribution in [3.05, 3.63) is 23.8 Å². The lowest BCUT2D eigenvalue weighted by molar-refractivity contribution is -0.137. The molecule has 1 aromatic carbocycles. The van der Waals surface area contributed by atoms with E-state index in [4.69, 9.17) is 9.26 Å².